The van der Waals surface area contributed by atoms with Gasteiger partial charge < -0.3 is 4.74 Å². The fraction of sp³-hybridized carbons (Fsp3) is 0.562. The van der Waals surface area contributed by atoms with Gasteiger partial charge in [-0.25, -0.2) is 0 Å². The summed E-state index contributed by atoms with van der Waals surface area (Å²) >= 11 is 0. The molecule has 0 spiro atoms. The second kappa shape index (κ2) is 5.55. The molecule has 0 bridgehead atoms. The first kappa shape index (κ1) is 14.7. The Morgan fingerprint density at radius 3 is 2.22 bits per heavy atom. The molecule has 1 rings (SSSR count). The average Bonchev–Trinajstić information content (AvgIpc) is 2.28. The molecule has 0 aliphatic rings. The molecule has 0 aliphatic carbocycles. The van der Waals surface area contributed by atoms with Gasteiger partial charge in [-0.3, -0.25) is 4.79 Å². The molecular weight excluding hydrogens is 224 g/mol. The van der Waals surface area contributed by atoms with Crippen molar-refractivity contribution < 1.29 is 9.53 Å². The molecule has 0 N–H and O–H groups in total. The molecule has 0 aromatic heterocycles. The number of ether oxygens (including phenoxy) is 1. The van der Waals surface area contributed by atoms with Crippen molar-refractivity contribution in [3.05, 3.63) is 34.9 Å². The maximum atomic E-state index is 12.1. The van der Waals surface area contributed by atoms with E-state index in [1.54, 1.807) is 0 Å². The first-order valence-corrected chi connectivity index (χ1v) is 6.56. The summed E-state index contributed by atoms with van der Waals surface area (Å²) in [6.07, 6.45) is 0.593. The molecule has 2 heteroatoms. The van der Waals surface area contributed by atoms with E-state index in [9.17, 15) is 4.79 Å². The lowest BCUT2D eigenvalue weighted by Gasteiger charge is -2.25. The lowest BCUT2D eigenvalue weighted by Crippen LogP contribution is -2.27. The van der Waals surface area contributed by atoms with Crippen LogP contribution in [0, 0.1) is 19.3 Å². The van der Waals surface area contributed by atoms with Gasteiger partial charge in [-0.2, -0.15) is 0 Å². The molecule has 1 atom stereocenters. The summed E-state index contributed by atoms with van der Waals surface area (Å²) in [6.45, 7) is 11.9. The molecular formula is C16H24O2. The van der Waals surface area contributed by atoms with Crippen molar-refractivity contribution in [2.24, 2.45) is 5.41 Å². The molecule has 2 nitrogen and oxygen atoms in total. The van der Waals surface area contributed by atoms with E-state index in [-0.39, 0.29) is 12.1 Å². The van der Waals surface area contributed by atoms with Crippen LogP contribution in [-0.4, -0.2) is 5.97 Å². The van der Waals surface area contributed by atoms with E-state index in [1.807, 2.05) is 33.8 Å². The number of hydrogen-bond donors (Lipinski definition) is 0. The lowest BCUT2D eigenvalue weighted by atomic mass is 9.90. The standard InChI is InChI=1S/C16H24O2/c1-7-16(5,6)15(17)18-13(4)14-11(2)9-8-10-12(14)3/h8-10,13H,7H2,1-6H3. The summed E-state index contributed by atoms with van der Waals surface area (Å²) in [5, 5.41) is 0. The number of esters is 1. The highest BCUT2D eigenvalue weighted by Gasteiger charge is 2.29. The van der Waals surface area contributed by atoms with Crippen LogP contribution in [0.15, 0.2) is 18.2 Å². The van der Waals surface area contributed by atoms with Gasteiger partial charge in [0.1, 0.15) is 6.10 Å². The lowest BCUT2D eigenvalue weighted by molar-refractivity contribution is -0.159. The molecule has 1 aromatic rings. The number of hydrogen-bond acceptors (Lipinski definition) is 2. The maximum absolute atomic E-state index is 12.1. The van der Waals surface area contributed by atoms with Crippen molar-refractivity contribution in [3.63, 3.8) is 0 Å². The first-order chi connectivity index (χ1) is 8.29. The van der Waals surface area contributed by atoms with Gasteiger partial charge in [0, 0.05) is 0 Å². The molecule has 1 unspecified atom stereocenters. The predicted molar refractivity (Wildman–Crippen MR) is 74.5 cm³/mol. The SMILES string of the molecule is CCC(C)(C)C(=O)OC(C)c1c(C)cccc1C. The van der Waals surface area contributed by atoms with Gasteiger partial charge in [0.2, 0.25) is 0 Å². The van der Waals surface area contributed by atoms with E-state index in [4.69, 9.17) is 4.74 Å². The third-order valence-corrected chi connectivity index (χ3v) is 3.67. The summed E-state index contributed by atoms with van der Waals surface area (Å²) in [4.78, 5) is 12.1. The van der Waals surface area contributed by atoms with E-state index in [0.29, 0.717) is 0 Å². The Kier molecular flexibility index (Phi) is 4.55. The van der Waals surface area contributed by atoms with Crippen molar-refractivity contribution in [1.82, 2.24) is 0 Å². The monoisotopic (exact) mass is 248 g/mol. The minimum absolute atomic E-state index is 0.125. The molecule has 0 heterocycles. The van der Waals surface area contributed by atoms with Crippen molar-refractivity contribution in [2.45, 2.75) is 54.1 Å². The quantitative estimate of drug-likeness (QED) is 0.741. The Balaban J connectivity index is 2.90. The van der Waals surface area contributed by atoms with Crippen LogP contribution in [0.4, 0.5) is 0 Å². The molecule has 0 fully saturated rings. The van der Waals surface area contributed by atoms with Gasteiger partial charge in [0.25, 0.3) is 0 Å². The van der Waals surface area contributed by atoms with Gasteiger partial charge in [0.15, 0.2) is 0 Å². The summed E-state index contributed by atoms with van der Waals surface area (Å²) in [6, 6.07) is 6.13. The van der Waals surface area contributed by atoms with Crippen LogP contribution in [0.3, 0.4) is 0 Å². The fourth-order valence-corrected chi connectivity index (χ4v) is 1.99. The summed E-state index contributed by atoms with van der Waals surface area (Å²) in [7, 11) is 0. The first-order valence-electron chi connectivity index (χ1n) is 6.56. The Bertz CT molecular complexity index is 412. The smallest absolute Gasteiger partial charge is 0.312 e. The molecule has 0 saturated heterocycles. The van der Waals surface area contributed by atoms with Crippen LogP contribution in [0.5, 0.6) is 0 Å². The summed E-state index contributed by atoms with van der Waals surface area (Å²) in [5.74, 6) is -0.125. The van der Waals surface area contributed by atoms with Gasteiger partial charge in [-0.1, -0.05) is 25.1 Å². The highest BCUT2D eigenvalue weighted by molar-refractivity contribution is 5.76. The van der Waals surface area contributed by atoms with Crippen molar-refractivity contribution in [3.8, 4) is 0 Å². The topological polar surface area (TPSA) is 26.3 Å². The number of rotatable bonds is 4. The van der Waals surface area contributed by atoms with Crippen LogP contribution in [0.1, 0.15) is 56.9 Å². The van der Waals surface area contributed by atoms with Crippen molar-refractivity contribution in [2.75, 3.05) is 0 Å². The minimum atomic E-state index is -0.412. The zero-order valence-electron chi connectivity index (χ0n) is 12.3. The van der Waals surface area contributed by atoms with Crippen LogP contribution in [-0.2, 0) is 9.53 Å². The average molecular weight is 248 g/mol. The molecule has 0 saturated carbocycles. The number of carbonyl (C=O) groups excluding carboxylic acids is 1. The zero-order chi connectivity index (χ0) is 13.9. The van der Waals surface area contributed by atoms with Gasteiger partial charge >= 0.3 is 5.97 Å². The summed E-state index contributed by atoms with van der Waals surface area (Å²) in [5.41, 5.74) is 3.05. The Hall–Kier alpha value is -1.31. The predicted octanol–water partition coefficient (Wildman–Crippen LogP) is 4.34. The Labute approximate surface area is 110 Å². The van der Waals surface area contributed by atoms with E-state index in [0.717, 1.165) is 12.0 Å². The third-order valence-electron chi connectivity index (χ3n) is 3.67. The van der Waals surface area contributed by atoms with Gasteiger partial charge in [-0.05, 0) is 57.7 Å². The van der Waals surface area contributed by atoms with Crippen LogP contribution in [0.25, 0.3) is 0 Å². The van der Waals surface area contributed by atoms with E-state index in [1.165, 1.54) is 11.1 Å². The Morgan fingerprint density at radius 1 is 1.28 bits per heavy atom. The van der Waals surface area contributed by atoms with E-state index < -0.39 is 5.41 Å². The third kappa shape index (κ3) is 3.12. The highest BCUT2D eigenvalue weighted by Crippen LogP contribution is 2.29. The van der Waals surface area contributed by atoms with Crippen LogP contribution in [0.2, 0.25) is 0 Å². The number of aryl methyl sites for hydroxylation is 2. The zero-order valence-corrected chi connectivity index (χ0v) is 12.3. The maximum Gasteiger partial charge on any atom is 0.312 e. The highest BCUT2D eigenvalue weighted by atomic mass is 16.5. The van der Waals surface area contributed by atoms with Crippen molar-refractivity contribution in [1.29, 1.82) is 0 Å². The van der Waals surface area contributed by atoms with Gasteiger partial charge in [-0.15, -0.1) is 0 Å². The Morgan fingerprint density at radius 2 is 1.78 bits per heavy atom. The molecule has 1 aromatic carbocycles. The van der Waals surface area contributed by atoms with E-state index >= 15 is 0 Å². The normalized spacial score (nSPS) is 13.2. The molecule has 0 aliphatic heterocycles. The van der Waals surface area contributed by atoms with Crippen LogP contribution >= 0.6 is 0 Å². The van der Waals surface area contributed by atoms with Crippen molar-refractivity contribution >= 4 is 5.97 Å². The summed E-state index contributed by atoms with van der Waals surface area (Å²) < 4.78 is 5.61. The molecule has 100 valence electrons. The number of benzene rings is 1. The minimum Gasteiger partial charge on any atom is -0.457 e. The van der Waals surface area contributed by atoms with E-state index in [2.05, 4.69) is 26.0 Å². The second-order valence-corrected chi connectivity index (χ2v) is 5.59. The number of carbonyl (C=O) groups is 1. The largest absolute Gasteiger partial charge is 0.457 e. The van der Waals surface area contributed by atoms with Gasteiger partial charge in [0.05, 0.1) is 5.41 Å². The molecule has 18 heavy (non-hydrogen) atoms. The molecule has 0 radical (unpaired) electrons. The fourth-order valence-electron chi connectivity index (χ4n) is 1.99. The molecule has 0 amide bonds. The second-order valence-electron chi connectivity index (χ2n) is 5.59. The van der Waals surface area contributed by atoms with Crippen LogP contribution < -0.4 is 0 Å².